The van der Waals surface area contributed by atoms with E-state index in [0.717, 1.165) is 26.2 Å². The molecular weight excluding hydrogens is 296 g/mol. The van der Waals surface area contributed by atoms with Gasteiger partial charge < -0.3 is 15.0 Å². The summed E-state index contributed by atoms with van der Waals surface area (Å²) in [6.45, 7) is 12.4. The van der Waals surface area contributed by atoms with Crippen LogP contribution < -0.4 is 5.32 Å². The predicted octanol–water partition coefficient (Wildman–Crippen LogP) is -0.624. The third-order valence-electron chi connectivity index (χ3n) is 4.49. The molecule has 0 aromatic rings. The zero-order valence-corrected chi connectivity index (χ0v) is 14.6. The van der Waals surface area contributed by atoms with E-state index in [2.05, 4.69) is 15.1 Å². The van der Waals surface area contributed by atoms with E-state index >= 15 is 0 Å². The summed E-state index contributed by atoms with van der Waals surface area (Å²) in [4.78, 5) is 30.6. The monoisotopic (exact) mass is 326 g/mol. The Kier molecular flexibility index (Phi) is 6.80. The molecule has 0 aromatic heterocycles. The van der Waals surface area contributed by atoms with Gasteiger partial charge in [-0.05, 0) is 20.8 Å². The predicted molar refractivity (Wildman–Crippen MR) is 88.2 cm³/mol. The SMILES string of the molecule is CC(C)NC(=O)C(C)N1CCN(CC(=O)N2CCOCC2)CC1. The van der Waals surface area contributed by atoms with Crippen molar-refractivity contribution in [3.8, 4) is 0 Å². The Morgan fingerprint density at radius 2 is 1.61 bits per heavy atom. The number of nitrogens with zero attached hydrogens (tertiary/aromatic N) is 3. The van der Waals surface area contributed by atoms with Crippen LogP contribution in [0.15, 0.2) is 0 Å². The number of nitrogens with one attached hydrogen (secondary N) is 1. The van der Waals surface area contributed by atoms with Gasteiger partial charge in [0.1, 0.15) is 0 Å². The second-order valence-corrected chi connectivity index (χ2v) is 6.64. The smallest absolute Gasteiger partial charge is 0.237 e. The Bertz CT molecular complexity index is 402. The lowest BCUT2D eigenvalue weighted by molar-refractivity contribution is -0.137. The van der Waals surface area contributed by atoms with Crippen molar-refractivity contribution in [3.63, 3.8) is 0 Å². The first-order chi connectivity index (χ1) is 11.0. The number of carbonyl (C=O) groups excluding carboxylic acids is 2. The summed E-state index contributed by atoms with van der Waals surface area (Å²) >= 11 is 0. The molecule has 1 unspecified atom stereocenters. The molecule has 2 saturated heterocycles. The number of morpholine rings is 1. The second-order valence-electron chi connectivity index (χ2n) is 6.64. The first-order valence-corrected chi connectivity index (χ1v) is 8.59. The molecule has 1 N–H and O–H groups in total. The molecule has 2 amide bonds. The third-order valence-corrected chi connectivity index (χ3v) is 4.49. The number of hydrogen-bond donors (Lipinski definition) is 1. The van der Waals surface area contributed by atoms with E-state index in [1.54, 1.807) is 0 Å². The maximum absolute atomic E-state index is 12.3. The van der Waals surface area contributed by atoms with E-state index in [9.17, 15) is 9.59 Å². The van der Waals surface area contributed by atoms with Crippen LogP contribution in [0.1, 0.15) is 20.8 Å². The maximum Gasteiger partial charge on any atom is 0.237 e. The van der Waals surface area contributed by atoms with Gasteiger partial charge in [-0.25, -0.2) is 0 Å². The minimum Gasteiger partial charge on any atom is -0.378 e. The molecule has 2 aliphatic heterocycles. The van der Waals surface area contributed by atoms with Gasteiger partial charge in [-0.3, -0.25) is 19.4 Å². The van der Waals surface area contributed by atoms with Crippen molar-refractivity contribution in [1.29, 1.82) is 0 Å². The minimum absolute atomic E-state index is 0.0813. The molecule has 2 heterocycles. The number of rotatable bonds is 5. The van der Waals surface area contributed by atoms with Gasteiger partial charge in [0, 0.05) is 45.3 Å². The van der Waals surface area contributed by atoms with E-state index < -0.39 is 0 Å². The van der Waals surface area contributed by atoms with Gasteiger partial charge in [-0.1, -0.05) is 0 Å². The van der Waals surface area contributed by atoms with Crippen molar-refractivity contribution in [1.82, 2.24) is 20.0 Å². The molecule has 1 atom stereocenters. The van der Waals surface area contributed by atoms with Crippen LogP contribution >= 0.6 is 0 Å². The number of ether oxygens (including phenoxy) is 1. The first kappa shape index (κ1) is 18.2. The van der Waals surface area contributed by atoms with Gasteiger partial charge in [0.05, 0.1) is 25.8 Å². The zero-order chi connectivity index (χ0) is 16.8. The molecule has 2 rings (SSSR count). The fourth-order valence-corrected chi connectivity index (χ4v) is 2.98. The van der Waals surface area contributed by atoms with E-state index in [0.29, 0.717) is 32.8 Å². The summed E-state index contributed by atoms with van der Waals surface area (Å²) in [5.74, 6) is 0.269. The van der Waals surface area contributed by atoms with Gasteiger partial charge in [0.25, 0.3) is 0 Å². The number of piperazine rings is 1. The average molecular weight is 326 g/mol. The van der Waals surface area contributed by atoms with Crippen molar-refractivity contribution in [2.45, 2.75) is 32.9 Å². The van der Waals surface area contributed by atoms with Gasteiger partial charge in [-0.15, -0.1) is 0 Å². The van der Waals surface area contributed by atoms with Gasteiger partial charge in [0.2, 0.25) is 11.8 Å². The van der Waals surface area contributed by atoms with Gasteiger partial charge >= 0.3 is 0 Å². The number of carbonyl (C=O) groups is 2. The summed E-state index contributed by atoms with van der Waals surface area (Å²) in [6.07, 6.45) is 0. The molecule has 132 valence electrons. The van der Waals surface area contributed by atoms with Crippen LogP contribution in [0.5, 0.6) is 0 Å². The number of amides is 2. The molecule has 7 nitrogen and oxygen atoms in total. The third kappa shape index (κ3) is 5.44. The van der Waals surface area contributed by atoms with Crippen LogP contribution in [0.4, 0.5) is 0 Å². The quantitative estimate of drug-likeness (QED) is 0.729. The Morgan fingerprint density at radius 3 is 2.17 bits per heavy atom. The molecular formula is C16H30N4O3. The molecule has 0 bridgehead atoms. The average Bonchev–Trinajstić information content (AvgIpc) is 2.55. The lowest BCUT2D eigenvalue weighted by Crippen LogP contribution is -2.56. The highest BCUT2D eigenvalue weighted by Gasteiger charge is 2.27. The molecule has 0 saturated carbocycles. The van der Waals surface area contributed by atoms with E-state index in [-0.39, 0.29) is 23.9 Å². The Morgan fingerprint density at radius 1 is 1.00 bits per heavy atom. The Hall–Kier alpha value is -1.18. The van der Waals surface area contributed by atoms with Crippen LogP contribution in [0.3, 0.4) is 0 Å². The summed E-state index contributed by atoms with van der Waals surface area (Å²) in [6, 6.07) is 0.0480. The molecule has 2 fully saturated rings. The maximum atomic E-state index is 12.3. The first-order valence-electron chi connectivity index (χ1n) is 8.59. The molecule has 0 aromatic carbocycles. The fraction of sp³-hybridized carbons (Fsp3) is 0.875. The largest absolute Gasteiger partial charge is 0.378 e. The lowest BCUT2D eigenvalue weighted by atomic mass is 10.2. The van der Waals surface area contributed by atoms with Crippen molar-refractivity contribution >= 4 is 11.8 Å². The lowest BCUT2D eigenvalue weighted by Gasteiger charge is -2.38. The van der Waals surface area contributed by atoms with Crippen LogP contribution in [0, 0.1) is 0 Å². The van der Waals surface area contributed by atoms with Crippen LogP contribution in [0.2, 0.25) is 0 Å². The topological polar surface area (TPSA) is 65.1 Å². The second kappa shape index (κ2) is 8.61. The standard InChI is InChI=1S/C16H30N4O3/c1-13(2)17-16(22)14(3)19-6-4-18(5-7-19)12-15(21)20-8-10-23-11-9-20/h13-14H,4-12H2,1-3H3,(H,17,22). The van der Waals surface area contributed by atoms with Gasteiger partial charge in [-0.2, -0.15) is 0 Å². The summed E-state index contributed by atoms with van der Waals surface area (Å²) in [7, 11) is 0. The molecule has 7 heteroatoms. The van der Waals surface area contributed by atoms with Crippen molar-refractivity contribution < 1.29 is 14.3 Å². The van der Waals surface area contributed by atoms with Crippen molar-refractivity contribution in [2.24, 2.45) is 0 Å². The highest BCUT2D eigenvalue weighted by atomic mass is 16.5. The zero-order valence-electron chi connectivity index (χ0n) is 14.6. The summed E-state index contributed by atoms with van der Waals surface area (Å²) in [5.41, 5.74) is 0. The molecule has 23 heavy (non-hydrogen) atoms. The van der Waals surface area contributed by atoms with E-state index in [1.165, 1.54) is 0 Å². The minimum atomic E-state index is -0.116. The van der Waals surface area contributed by atoms with E-state index in [4.69, 9.17) is 4.74 Å². The summed E-state index contributed by atoms with van der Waals surface area (Å²) in [5, 5.41) is 2.96. The highest BCUT2D eigenvalue weighted by molar-refractivity contribution is 5.81. The van der Waals surface area contributed by atoms with Crippen LogP contribution in [0.25, 0.3) is 0 Å². The molecule has 0 spiro atoms. The highest BCUT2D eigenvalue weighted by Crippen LogP contribution is 2.08. The Balaban J connectivity index is 1.72. The number of hydrogen-bond acceptors (Lipinski definition) is 5. The summed E-state index contributed by atoms with van der Waals surface area (Å²) < 4.78 is 5.28. The molecule has 0 aliphatic carbocycles. The molecule has 2 aliphatic rings. The van der Waals surface area contributed by atoms with Crippen molar-refractivity contribution in [2.75, 3.05) is 59.0 Å². The Labute approximate surface area is 138 Å². The molecule has 0 radical (unpaired) electrons. The van der Waals surface area contributed by atoms with E-state index in [1.807, 2.05) is 25.7 Å². The van der Waals surface area contributed by atoms with Crippen molar-refractivity contribution in [3.05, 3.63) is 0 Å². The fourth-order valence-electron chi connectivity index (χ4n) is 2.98. The normalized spacial score (nSPS) is 22.2. The van der Waals surface area contributed by atoms with Crippen LogP contribution in [-0.4, -0.2) is 97.6 Å². The van der Waals surface area contributed by atoms with Gasteiger partial charge in [0.15, 0.2) is 0 Å². The van der Waals surface area contributed by atoms with Crippen LogP contribution in [-0.2, 0) is 14.3 Å².